The molecule has 122 valence electrons. The number of nitrogens with zero attached hydrogens (tertiary/aromatic N) is 1. The van der Waals surface area contributed by atoms with Gasteiger partial charge < -0.3 is 20.1 Å². The van der Waals surface area contributed by atoms with Gasteiger partial charge in [0.1, 0.15) is 13.2 Å². The normalized spacial score (nSPS) is 20.9. The Morgan fingerprint density at radius 1 is 1.36 bits per heavy atom. The first kappa shape index (κ1) is 16.9. The van der Waals surface area contributed by atoms with Crippen molar-refractivity contribution in [3.05, 3.63) is 18.2 Å². The summed E-state index contributed by atoms with van der Waals surface area (Å²) in [4.78, 5) is 14.3. The number of amides is 1. The van der Waals surface area contributed by atoms with Crippen molar-refractivity contribution < 1.29 is 14.3 Å². The summed E-state index contributed by atoms with van der Waals surface area (Å²) in [6.07, 6.45) is 0. The molecule has 1 aromatic carbocycles. The number of hydrogen-bond acceptors (Lipinski definition) is 5. The number of hydrogen-bond donors (Lipinski definition) is 2. The molecular formula is C15H22ClN3O3. The molecule has 1 saturated heterocycles. The molecule has 0 unspecified atom stereocenters. The van der Waals surface area contributed by atoms with E-state index < -0.39 is 0 Å². The van der Waals surface area contributed by atoms with Gasteiger partial charge in [0.15, 0.2) is 11.5 Å². The standard InChI is InChI=1S/C15H21N3O3.ClH/c1-11-9-16-4-5-18(11)10-15(19)17-12-2-3-13-14(8-12)21-7-6-20-13;/h2-3,8,11,16H,4-7,9-10H2,1H3,(H,17,19);1H/t11-;/m0./s1. The van der Waals surface area contributed by atoms with E-state index in [1.807, 2.05) is 18.2 Å². The first-order chi connectivity index (χ1) is 10.2. The first-order valence-corrected chi connectivity index (χ1v) is 7.36. The fourth-order valence-corrected chi connectivity index (χ4v) is 2.62. The number of ether oxygens (including phenoxy) is 2. The molecule has 1 amide bonds. The Hall–Kier alpha value is -1.50. The average molecular weight is 328 g/mol. The van der Waals surface area contributed by atoms with E-state index in [-0.39, 0.29) is 18.3 Å². The third-order valence-corrected chi connectivity index (χ3v) is 3.81. The van der Waals surface area contributed by atoms with Crippen LogP contribution in [0.15, 0.2) is 18.2 Å². The van der Waals surface area contributed by atoms with Gasteiger partial charge in [0.2, 0.25) is 5.91 Å². The van der Waals surface area contributed by atoms with Crippen molar-refractivity contribution >= 4 is 24.0 Å². The fraction of sp³-hybridized carbons (Fsp3) is 0.533. The quantitative estimate of drug-likeness (QED) is 0.871. The summed E-state index contributed by atoms with van der Waals surface area (Å²) in [6, 6.07) is 5.86. The van der Waals surface area contributed by atoms with Crippen molar-refractivity contribution in [2.45, 2.75) is 13.0 Å². The van der Waals surface area contributed by atoms with Gasteiger partial charge in [-0.05, 0) is 19.1 Å². The molecule has 3 rings (SSSR count). The van der Waals surface area contributed by atoms with Crippen LogP contribution >= 0.6 is 12.4 Å². The molecule has 7 heteroatoms. The zero-order chi connectivity index (χ0) is 14.7. The van der Waals surface area contributed by atoms with E-state index >= 15 is 0 Å². The number of nitrogens with one attached hydrogen (secondary N) is 2. The van der Waals surface area contributed by atoms with Gasteiger partial charge in [-0.3, -0.25) is 9.69 Å². The number of rotatable bonds is 3. The zero-order valence-electron chi connectivity index (χ0n) is 12.6. The predicted molar refractivity (Wildman–Crippen MR) is 87.2 cm³/mol. The maximum absolute atomic E-state index is 12.1. The lowest BCUT2D eigenvalue weighted by atomic mass is 10.2. The minimum Gasteiger partial charge on any atom is -0.486 e. The Bertz CT molecular complexity index is 527. The van der Waals surface area contributed by atoms with Gasteiger partial charge in [0.25, 0.3) is 0 Å². The molecule has 1 atom stereocenters. The van der Waals surface area contributed by atoms with Crippen LogP contribution in [0.5, 0.6) is 11.5 Å². The van der Waals surface area contributed by atoms with E-state index in [0.29, 0.717) is 31.5 Å². The Balaban J connectivity index is 0.00000176. The fourth-order valence-electron chi connectivity index (χ4n) is 2.62. The van der Waals surface area contributed by atoms with E-state index in [2.05, 4.69) is 22.5 Å². The highest BCUT2D eigenvalue weighted by molar-refractivity contribution is 5.92. The van der Waals surface area contributed by atoms with E-state index in [4.69, 9.17) is 9.47 Å². The van der Waals surface area contributed by atoms with E-state index in [1.165, 1.54) is 0 Å². The highest BCUT2D eigenvalue weighted by atomic mass is 35.5. The first-order valence-electron chi connectivity index (χ1n) is 7.36. The van der Waals surface area contributed by atoms with E-state index in [1.54, 1.807) is 0 Å². The minimum atomic E-state index is 0. The molecule has 2 heterocycles. The van der Waals surface area contributed by atoms with Crippen LogP contribution in [0.4, 0.5) is 5.69 Å². The molecule has 0 radical (unpaired) electrons. The van der Waals surface area contributed by atoms with Crippen molar-refractivity contribution in [3.63, 3.8) is 0 Å². The molecule has 0 aromatic heterocycles. The topological polar surface area (TPSA) is 62.8 Å². The molecule has 0 bridgehead atoms. The zero-order valence-corrected chi connectivity index (χ0v) is 13.4. The Kier molecular flexibility index (Phi) is 5.88. The summed E-state index contributed by atoms with van der Waals surface area (Å²) in [5, 5.41) is 6.24. The second-order valence-electron chi connectivity index (χ2n) is 5.43. The molecule has 22 heavy (non-hydrogen) atoms. The van der Waals surface area contributed by atoms with Gasteiger partial charge in [-0.1, -0.05) is 0 Å². The van der Waals surface area contributed by atoms with Crippen LogP contribution in [-0.4, -0.2) is 56.2 Å². The van der Waals surface area contributed by atoms with Crippen LogP contribution in [0.2, 0.25) is 0 Å². The number of anilines is 1. The molecule has 2 N–H and O–H groups in total. The van der Waals surface area contributed by atoms with E-state index in [9.17, 15) is 4.79 Å². The summed E-state index contributed by atoms with van der Waals surface area (Å²) in [6.45, 7) is 6.41. The molecule has 0 saturated carbocycles. The van der Waals surface area contributed by atoms with Crippen LogP contribution in [0.3, 0.4) is 0 Å². The molecular weight excluding hydrogens is 306 g/mol. The number of piperazine rings is 1. The van der Waals surface area contributed by atoms with Gasteiger partial charge in [-0.25, -0.2) is 0 Å². The second-order valence-corrected chi connectivity index (χ2v) is 5.43. The molecule has 0 aliphatic carbocycles. The number of fused-ring (bicyclic) bond motifs is 1. The predicted octanol–water partition coefficient (Wildman–Crippen LogP) is 1.11. The monoisotopic (exact) mass is 327 g/mol. The third-order valence-electron chi connectivity index (χ3n) is 3.81. The van der Waals surface area contributed by atoms with Crippen LogP contribution in [0.25, 0.3) is 0 Å². The van der Waals surface area contributed by atoms with Crippen molar-refractivity contribution in [2.75, 3.05) is 44.7 Å². The third kappa shape index (κ3) is 4.03. The maximum Gasteiger partial charge on any atom is 0.238 e. The van der Waals surface area contributed by atoms with Gasteiger partial charge in [0.05, 0.1) is 6.54 Å². The Morgan fingerprint density at radius 3 is 2.91 bits per heavy atom. The maximum atomic E-state index is 12.1. The van der Waals surface area contributed by atoms with Gasteiger partial charge in [-0.15, -0.1) is 12.4 Å². The van der Waals surface area contributed by atoms with E-state index in [0.717, 1.165) is 31.1 Å². The van der Waals surface area contributed by atoms with Gasteiger partial charge >= 0.3 is 0 Å². The number of carbonyl (C=O) groups excluding carboxylic acids is 1. The SMILES string of the molecule is C[C@H]1CNCCN1CC(=O)Nc1ccc2c(c1)OCCO2.Cl. The molecule has 1 aromatic rings. The van der Waals surface area contributed by atoms with Crippen molar-refractivity contribution in [3.8, 4) is 11.5 Å². The lowest BCUT2D eigenvalue weighted by Gasteiger charge is -2.33. The lowest BCUT2D eigenvalue weighted by Crippen LogP contribution is -2.51. The van der Waals surface area contributed by atoms with Crippen LogP contribution < -0.4 is 20.1 Å². The van der Waals surface area contributed by atoms with Gasteiger partial charge in [0, 0.05) is 37.4 Å². The summed E-state index contributed by atoms with van der Waals surface area (Å²) in [5.74, 6) is 1.42. The largest absolute Gasteiger partial charge is 0.486 e. The number of halogens is 1. The smallest absolute Gasteiger partial charge is 0.238 e. The number of carbonyl (C=O) groups is 1. The molecule has 0 spiro atoms. The Morgan fingerprint density at radius 2 is 2.14 bits per heavy atom. The van der Waals surface area contributed by atoms with Crippen molar-refractivity contribution in [1.29, 1.82) is 0 Å². The summed E-state index contributed by atoms with van der Waals surface area (Å²) in [5.41, 5.74) is 0.743. The summed E-state index contributed by atoms with van der Waals surface area (Å²) in [7, 11) is 0. The summed E-state index contributed by atoms with van der Waals surface area (Å²) < 4.78 is 11.0. The Labute approximate surface area is 136 Å². The minimum absolute atomic E-state index is 0. The molecule has 6 nitrogen and oxygen atoms in total. The molecule has 1 fully saturated rings. The van der Waals surface area contributed by atoms with Crippen molar-refractivity contribution in [1.82, 2.24) is 10.2 Å². The second kappa shape index (κ2) is 7.67. The highest BCUT2D eigenvalue weighted by Crippen LogP contribution is 2.32. The highest BCUT2D eigenvalue weighted by Gasteiger charge is 2.20. The van der Waals surface area contributed by atoms with Crippen LogP contribution in [-0.2, 0) is 4.79 Å². The number of benzene rings is 1. The lowest BCUT2D eigenvalue weighted by molar-refractivity contribution is -0.118. The average Bonchev–Trinajstić information content (AvgIpc) is 2.49. The van der Waals surface area contributed by atoms with Crippen molar-refractivity contribution in [2.24, 2.45) is 0 Å². The summed E-state index contributed by atoms with van der Waals surface area (Å²) >= 11 is 0. The van der Waals surface area contributed by atoms with Gasteiger partial charge in [-0.2, -0.15) is 0 Å². The molecule has 2 aliphatic heterocycles. The van der Waals surface area contributed by atoms with Crippen LogP contribution in [0, 0.1) is 0 Å². The molecule has 2 aliphatic rings. The van der Waals surface area contributed by atoms with Crippen LogP contribution in [0.1, 0.15) is 6.92 Å².